The summed E-state index contributed by atoms with van der Waals surface area (Å²) in [6.45, 7) is 3.38. The van der Waals surface area contributed by atoms with Crippen LogP contribution in [0.1, 0.15) is 23.0 Å². The minimum absolute atomic E-state index is 0.0665. The Bertz CT molecular complexity index is 599. The molecule has 2 aromatic rings. The third-order valence-corrected chi connectivity index (χ3v) is 2.73. The van der Waals surface area contributed by atoms with Gasteiger partial charge in [-0.1, -0.05) is 11.6 Å². The molecule has 0 bridgehead atoms. The number of hydrogen-bond acceptors (Lipinski definition) is 4. The molecule has 0 saturated carbocycles. The molecule has 4 nitrogen and oxygen atoms in total. The highest BCUT2D eigenvalue weighted by Gasteiger charge is 2.10. The number of anilines is 2. The fraction of sp³-hybridized carbons (Fsp3) is 0.154. The maximum atomic E-state index is 11.5. The second-order valence-corrected chi connectivity index (χ2v) is 4.26. The summed E-state index contributed by atoms with van der Waals surface area (Å²) in [5.41, 5.74) is 2.82. The van der Waals surface area contributed by atoms with E-state index in [1.165, 1.54) is 13.1 Å². The van der Waals surface area contributed by atoms with Crippen LogP contribution in [-0.2, 0) is 0 Å². The number of halogens is 1. The van der Waals surface area contributed by atoms with Crippen LogP contribution in [0.25, 0.3) is 0 Å². The first-order valence-electron chi connectivity index (χ1n) is 5.43. The summed E-state index contributed by atoms with van der Waals surface area (Å²) >= 11 is 5.85. The molecular weight excluding hydrogens is 250 g/mol. The van der Waals surface area contributed by atoms with E-state index in [4.69, 9.17) is 11.6 Å². The summed E-state index contributed by atoms with van der Waals surface area (Å²) in [6, 6.07) is 5.34. The largest absolute Gasteiger partial charge is 0.353 e. The number of Topliss-reactive ketones (excluding diaryl/α,β-unsaturated/α-hetero) is 1. The molecule has 18 heavy (non-hydrogen) atoms. The van der Waals surface area contributed by atoms with Crippen LogP contribution in [0.3, 0.4) is 0 Å². The predicted octanol–water partition coefficient (Wildman–Crippen LogP) is 3.38. The minimum atomic E-state index is -0.0665. The molecule has 0 atom stereocenters. The summed E-state index contributed by atoms with van der Waals surface area (Å²) in [7, 11) is 0. The smallest absolute Gasteiger partial charge is 0.163 e. The Kier molecular flexibility index (Phi) is 3.58. The van der Waals surface area contributed by atoms with Crippen LogP contribution in [-0.4, -0.2) is 15.8 Å². The van der Waals surface area contributed by atoms with Crippen LogP contribution in [0.2, 0.25) is 5.15 Å². The lowest BCUT2D eigenvalue weighted by Crippen LogP contribution is -2.03. The lowest BCUT2D eigenvalue weighted by molar-refractivity contribution is 0.101. The van der Waals surface area contributed by atoms with Crippen LogP contribution < -0.4 is 5.32 Å². The second kappa shape index (κ2) is 5.14. The summed E-state index contributed by atoms with van der Waals surface area (Å²) in [5, 5.41) is 3.49. The molecular formula is C13H12ClN3O. The van der Waals surface area contributed by atoms with Gasteiger partial charge in [-0.05, 0) is 32.0 Å². The second-order valence-electron chi connectivity index (χ2n) is 3.87. The summed E-state index contributed by atoms with van der Waals surface area (Å²) in [4.78, 5) is 19.6. The molecule has 2 heterocycles. The quantitative estimate of drug-likeness (QED) is 0.680. The number of ketones is 1. The number of nitrogens with one attached hydrogen (secondary N) is 1. The number of rotatable bonds is 3. The van der Waals surface area contributed by atoms with Crippen LogP contribution >= 0.6 is 11.6 Å². The van der Waals surface area contributed by atoms with Gasteiger partial charge in [0.05, 0.1) is 22.6 Å². The molecule has 2 rings (SSSR count). The minimum Gasteiger partial charge on any atom is -0.353 e. The zero-order valence-corrected chi connectivity index (χ0v) is 10.8. The van der Waals surface area contributed by atoms with Crippen molar-refractivity contribution in [3.63, 3.8) is 0 Å². The predicted molar refractivity (Wildman–Crippen MR) is 71.5 cm³/mol. The summed E-state index contributed by atoms with van der Waals surface area (Å²) in [6.07, 6.45) is 3.19. The molecule has 5 heteroatoms. The Labute approximate surface area is 110 Å². The molecule has 0 radical (unpaired) electrons. The lowest BCUT2D eigenvalue weighted by Gasteiger charge is -2.11. The number of hydrogen-bond donors (Lipinski definition) is 1. The van der Waals surface area contributed by atoms with Crippen LogP contribution in [0.5, 0.6) is 0 Å². The van der Waals surface area contributed by atoms with Gasteiger partial charge < -0.3 is 5.32 Å². The molecule has 92 valence electrons. The highest BCUT2D eigenvalue weighted by Crippen LogP contribution is 2.24. The number of pyridine rings is 2. The summed E-state index contributed by atoms with van der Waals surface area (Å²) in [5.74, 6) is -0.0665. The molecule has 0 aromatic carbocycles. The number of carbonyl (C=O) groups is 1. The van der Waals surface area contributed by atoms with Crippen molar-refractivity contribution < 1.29 is 4.79 Å². The van der Waals surface area contributed by atoms with E-state index in [0.29, 0.717) is 16.4 Å². The Hall–Kier alpha value is -1.94. The number of nitrogens with zero attached hydrogens (tertiary/aromatic N) is 2. The average Bonchev–Trinajstić information content (AvgIpc) is 2.32. The van der Waals surface area contributed by atoms with Crippen LogP contribution in [0, 0.1) is 6.92 Å². The van der Waals surface area contributed by atoms with E-state index >= 15 is 0 Å². The first-order chi connectivity index (χ1) is 8.58. The Morgan fingerprint density at radius 3 is 2.78 bits per heavy atom. The lowest BCUT2D eigenvalue weighted by atomic mass is 10.1. The van der Waals surface area contributed by atoms with E-state index in [9.17, 15) is 4.79 Å². The monoisotopic (exact) mass is 261 g/mol. The highest BCUT2D eigenvalue weighted by molar-refractivity contribution is 6.29. The summed E-state index contributed by atoms with van der Waals surface area (Å²) < 4.78 is 0. The topological polar surface area (TPSA) is 54.9 Å². The third kappa shape index (κ3) is 2.65. The van der Waals surface area contributed by atoms with Crippen molar-refractivity contribution in [3.8, 4) is 0 Å². The average molecular weight is 262 g/mol. The Balaban J connectivity index is 2.42. The van der Waals surface area contributed by atoms with Crippen molar-refractivity contribution in [1.82, 2.24) is 9.97 Å². The number of aromatic nitrogens is 2. The third-order valence-electron chi connectivity index (χ3n) is 2.53. The van der Waals surface area contributed by atoms with Gasteiger partial charge in [-0.25, -0.2) is 4.98 Å². The van der Waals surface area contributed by atoms with Crippen molar-refractivity contribution in [2.75, 3.05) is 5.32 Å². The standard InChI is InChI=1S/C13H12ClN3O/c1-8-11(4-3-5-15-8)17-12-6-13(14)16-7-10(12)9(2)18/h3-7H,1-2H3,(H,16,17). The molecule has 0 aliphatic carbocycles. The van der Waals surface area contributed by atoms with Gasteiger partial charge in [-0.15, -0.1) is 0 Å². The van der Waals surface area contributed by atoms with Gasteiger partial charge in [-0.3, -0.25) is 9.78 Å². The van der Waals surface area contributed by atoms with E-state index < -0.39 is 0 Å². The van der Waals surface area contributed by atoms with Crippen molar-refractivity contribution >= 4 is 28.8 Å². The molecule has 0 unspecified atom stereocenters. The van der Waals surface area contributed by atoms with Gasteiger partial charge >= 0.3 is 0 Å². The molecule has 2 aromatic heterocycles. The van der Waals surface area contributed by atoms with E-state index in [0.717, 1.165) is 11.4 Å². The van der Waals surface area contributed by atoms with Gasteiger partial charge in [-0.2, -0.15) is 0 Å². The first-order valence-corrected chi connectivity index (χ1v) is 5.81. The maximum absolute atomic E-state index is 11.5. The van der Waals surface area contributed by atoms with Crippen molar-refractivity contribution in [2.24, 2.45) is 0 Å². The molecule has 0 saturated heterocycles. The fourth-order valence-corrected chi connectivity index (χ4v) is 1.73. The fourth-order valence-electron chi connectivity index (χ4n) is 1.58. The zero-order chi connectivity index (χ0) is 13.1. The number of aryl methyl sites for hydroxylation is 1. The van der Waals surface area contributed by atoms with Gasteiger partial charge in [0.25, 0.3) is 0 Å². The van der Waals surface area contributed by atoms with Gasteiger partial charge in [0, 0.05) is 12.4 Å². The first kappa shape index (κ1) is 12.5. The van der Waals surface area contributed by atoms with E-state index in [-0.39, 0.29) is 5.78 Å². The van der Waals surface area contributed by atoms with Crippen molar-refractivity contribution in [1.29, 1.82) is 0 Å². The molecule has 0 spiro atoms. The van der Waals surface area contributed by atoms with E-state index in [2.05, 4.69) is 15.3 Å². The normalized spacial score (nSPS) is 10.2. The van der Waals surface area contributed by atoms with Crippen LogP contribution in [0.4, 0.5) is 11.4 Å². The van der Waals surface area contributed by atoms with Crippen molar-refractivity contribution in [2.45, 2.75) is 13.8 Å². The van der Waals surface area contributed by atoms with Gasteiger partial charge in [0.2, 0.25) is 0 Å². The SMILES string of the molecule is CC(=O)c1cnc(Cl)cc1Nc1cccnc1C. The van der Waals surface area contributed by atoms with Gasteiger partial charge in [0.1, 0.15) is 5.15 Å². The van der Waals surface area contributed by atoms with E-state index in [1.807, 2.05) is 19.1 Å². The zero-order valence-electron chi connectivity index (χ0n) is 10.1. The Morgan fingerprint density at radius 1 is 1.33 bits per heavy atom. The molecule has 0 aliphatic rings. The number of carbonyl (C=O) groups excluding carboxylic acids is 1. The molecule has 1 N–H and O–H groups in total. The van der Waals surface area contributed by atoms with Gasteiger partial charge in [0.15, 0.2) is 5.78 Å². The van der Waals surface area contributed by atoms with Crippen LogP contribution in [0.15, 0.2) is 30.6 Å². The highest BCUT2D eigenvalue weighted by atomic mass is 35.5. The molecule has 0 aliphatic heterocycles. The Morgan fingerprint density at radius 2 is 2.11 bits per heavy atom. The van der Waals surface area contributed by atoms with Crippen molar-refractivity contribution in [3.05, 3.63) is 47.0 Å². The molecule has 0 fully saturated rings. The van der Waals surface area contributed by atoms with E-state index in [1.54, 1.807) is 12.3 Å². The molecule has 0 amide bonds. The maximum Gasteiger partial charge on any atom is 0.163 e.